The number of unbranched alkanes of at least 4 members (excludes halogenated alkanes) is 25. The van der Waals surface area contributed by atoms with E-state index in [4.69, 9.17) is 4.74 Å². The Bertz CT molecular complexity index is 1140. The number of ether oxygens (including phenoxy) is 1. The normalized spacial score (nSPS) is 12.5. The van der Waals surface area contributed by atoms with E-state index >= 15 is 0 Å². The van der Waals surface area contributed by atoms with Crippen LogP contribution in [0, 0.1) is 0 Å². The van der Waals surface area contributed by atoms with Gasteiger partial charge in [-0.1, -0.05) is 241 Å². The van der Waals surface area contributed by atoms with E-state index < -0.39 is 24.2 Å². The van der Waals surface area contributed by atoms with Gasteiger partial charge >= 0.3 is 5.97 Å². The lowest BCUT2D eigenvalue weighted by Gasteiger charge is -2.23. The fraction of sp³-hybridized carbons (Fsp3) is 0.720. The molecule has 2 aromatic rings. The van der Waals surface area contributed by atoms with Crippen LogP contribution in [0.3, 0.4) is 0 Å². The summed E-state index contributed by atoms with van der Waals surface area (Å²) in [7, 11) is 0. The highest BCUT2D eigenvalue weighted by molar-refractivity contribution is 7.99. The van der Waals surface area contributed by atoms with Gasteiger partial charge in [0.1, 0.15) is 6.04 Å². The van der Waals surface area contributed by atoms with Crippen LogP contribution >= 0.6 is 11.8 Å². The van der Waals surface area contributed by atoms with Gasteiger partial charge in [0, 0.05) is 17.9 Å². The number of rotatable bonds is 38. The summed E-state index contributed by atoms with van der Waals surface area (Å²) in [5.41, 5.74) is 1.78. The second-order valence-electron chi connectivity index (χ2n) is 16.3. The Labute approximate surface area is 348 Å². The molecule has 2 rings (SSSR count). The van der Waals surface area contributed by atoms with Crippen LogP contribution in [0.4, 0.5) is 0 Å². The maximum Gasteiger partial charge on any atom is 0.330 e. The molecule has 0 aromatic heterocycles. The Morgan fingerprint density at radius 1 is 0.536 bits per heavy atom. The number of benzene rings is 2. The van der Waals surface area contributed by atoms with Crippen LogP contribution in [0.25, 0.3) is 0 Å². The molecule has 0 aliphatic heterocycles. The molecule has 0 saturated heterocycles. The van der Waals surface area contributed by atoms with E-state index in [-0.39, 0.29) is 5.91 Å². The predicted octanol–water partition coefficient (Wildman–Crippen LogP) is 14.3. The van der Waals surface area contributed by atoms with Crippen LogP contribution in [0.15, 0.2) is 60.7 Å². The van der Waals surface area contributed by atoms with Crippen LogP contribution in [0.5, 0.6) is 0 Å². The minimum absolute atomic E-state index is 0.102. The number of nitrogens with one attached hydrogen (secondary N) is 1. The summed E-state index contributed by atoms with van der Waals surface area (Å²) in [5, 5.41) is 13.8. The highest BCUT2D eigenvalue weighted by atomic mass is 32.2. The minimum atomic E-state index is -0.780. The van der Waals surface area contributed by atoms with E-state index in [1.165, 1.54) is 153 Å². The molecule has 0 radical (unpaired) electrons. The molecule has 1 amide bonds. The van der Waals surface area contributed by atoms with Gasteiger partial charge in [-0.15, -0.1) is 0 Å². The first kappa shape index (κ1) is 49.8. The van der Waals surface area contributed by atoms with Gasteiger partial charge in [0.2, 0.25) is 5.91 Å². The highest BCUT2D eigenvalue weighted by Crippen LogP contribution is 2.27. The van der Waals surface area contributed by atoms with Crippen molar-refractivity contribution in [1.82, 2.24) is 5.32 Å². The lowest BCUT2D eigenvalue weighted by atomic mass is 10.0. The minimum Gasteiger partial charge on any atom is -0.451 e. The van der Waals surface area contributed by atoms with Gasteiger partial charge < -0.3 is 15.2 Å². The smallest absolute Gasteiger partial charge is 0.330 e. The molecule has 2 atom stereocenters. The van der Waals surface area contributed by atoms with Crippen molar-refractivity contribution in [2.45, 2.75) is 218 Å². The van der Waals surface area contributed by atoms with E-state index in [9.17, 15) is 14.7 Å². The first-order chi connectivity index (χ1) is 27.5. The lowest BCUT2D eigenvalue weighted by molar-refractivity contribution is -0.151. The molecule has 6 heteroatoms. The van der Waals surface area contributed by atoms with Crippen LogP contribution < -0.4 is 5.32 Å². The molecule has 0 heterocycles. The number of esters is 1. The Morgan fingerprint density at radius 3 is 1.32 bits per heavy atom. The zero-order chi connectivity index (χ0) is 40.2. The predicted molar refractivity (Wildman–Crippen MR) is 241 cm³/mol. The Kier molecular flexibility index (Phi) is 31.9. The van der Waals surface area contributed by atoms with Gasteiger partial charge in [-0.05, 0) is 24.0 Å². The molecule has 318 valence electrons. The number of aliphatic hydroxyl groups is 1. The number of aliphatic hydroxyl groups excluding tert-OH is 1. The molecular formula is C50H83NO4S. The summed E-state index contributed by atoms with van der Waals surface area (Å²) in [5.74, 6) is 0.373. The van der Waals surface area contributed by atoms with E-state index in [1.807, 2.05) is 60.7 Å². The summed E-state index contributed by atoms with van der Waals surface area (Å²) in [6.07, 6.45) is 35.0. The molecule has 0 fully saturated rings. The highest BCUT2D eigenvalue weighted by Gasteiger charge is 2.27. The molecule has 0 aliphatic carbocycles. The standard InChI is InChI=1S/C50H83NO4S/c1-3-5-7-9-11-13-15-17-19-20-22-24-26-34-40-46(52)42-56-43-47(50(54)55-49(44-36-30-28-31-37-44)45-38-32-29-33-39-45)51-48(53)41-35-27-25-23-21-18-16-14-12-10-8-6-4-2/h28-33,36-39,46-47,49,52H,3-27,34-35,40-43H2,1-2H3,(H,51,53)/t46-,47-/m1/s1. The van der Waals surface area contributed by atoms with E-state index in [2.05, 4.69) is 19.2 Å². The number of thioether (sulfide) groups is 1. The van der Waals surface area contributed by atoms with Crippen LogP contribution in [-0.2, 0) is 14.3 Å². The fourth-order valence-electron chi connectivity index (χ4n) is 7.50. The third kappa shape index (κ3) is 26.6. The number of amides is 1. The van der Waals surface area contributed by atoms with E-state index in [0.717, 1.165) is 49.7 Å². The molecular weight excluding hydrogens is 711 g/mol. The molecule has 0 aliphatic rings. The summed E-state index contributed by atoms with van der Waals surface area (Å²) < 4.78 is 6.19. The van der Waals surface area contributed by atoms with Gasteiger partial charge in [-0.25, -0.2) is 4.79 Å². The maximum absolute atomic E-state index is 13.8. The third-order valence-corrected chi connectivity index (χ3v) is 12.2. The lowest BCUT2D eigenvalue weighted by Crippen LogP contribution is -2.44. The van der Waals surface area contributed by atoms with Crippen molar-refractivity contribution < 1.29 is 19.4 Å². The SMILES string of the molecule is CCCCCCCCCCCCCCCC[C@@H](O)CSC[C@@H](NC(=O)CCCCCCCCCCCCCCC)C(=O)OC(c1ccccc1)c1ccccc1. The Hall–Kier alpha value is -2.31. The number of carbonyl (C=O) groups is 2. The number of hydrogen-bond acceptors (Lipinski definition) is 5. The fourth-order valence-corrected chi connectivity index (χ4v) is 8.53. The van der Waals surface area contributed by atoms with Crippen LogP contribution in [-0.4, -0.2) is 40.6 Å². The van der Waals surface area contributed by atoms with Crippen molar-refractivity contribution in [3.05, 3.63) is 71.8 Å². The first-order valence-corrected chi connectivity index (χ1v) is 24.6. The third-order valence-electron chi connectivity index (χ3n) is 11.1. The maximum atomic E-state index is 13.8. The van der Waals surface area contributed by atoms with Crippen molar-refractivity contribution in [2.24, 2.45) is 0 Å². The first-order valence-electron chi connectivity index (χ1n) is 23.4. The average Bonchev–Trinajstić information content (AvgIpc) is 3.22. The average molecular weight is 794 g/mol. The summed E-state index contributed by atoms with van der Waals surface area (Å²) in [6.45, 7) is 4.54. The number of carbonyl (C=O) groups excluding carboxylic acids is 2. The zero-order valence-electron chi connectivity index (χ0n) is 36.0. The van der Waals surface area contributed by atoms with Crippen molar-refractivity contribution in [2.75, 3.05) is 11.5 Å². The molecule has 2 aromatic carbocycles. The van der Waals surface area contributed by atoms with E-state index in [0.29, 0.717) is 17.9 Å². The van der Waals surface area contributed by atoms with Crippen molar-refractivity contribution >= 4 is 23.6 Å². The van der Waals surface area contributed by atoms with Gasteiger partial charge in [0.15, 0.2) is 6.10 Å². The Morgan fingerprint density at radius 2 is 0.911 bits per heavy atom. The van der Waals surface area contributed by atoms with Crippen LogP contribution in [0.1, 0.15) is 217 Å². The molecule has 56 heavy (non-hydrogen) atoms. The summed E-state index contributed by atoms with van der Waals surface area (Å²) >= 11 is 1.53. The molecule has 0 saturated carbocycles. The topological polar surface area (TPSA) is 75.6 Å². The Balaban J connectivity index is 1.74. The van der Waals surface area contributed by atoms with Gasteiger partial charge in [-0.3, -0.25) is 4.79 Å². The van der Waals surface area contributed by atoms with Gasteiger partial charge in [0.05, 0.1) is 6.10 Å². The van der Waals surface area contributed by atoms with Gasteiger partial charge in [0.25, 0.3) is 0 Å². The van der Waals surface area contributed by atoms with Gasteiger partial charge in [-0.2, -0.15) is 11.8 Å². The molecule has 0 bridgehead atoms. The van der Waals surface area contributed by atoms with Crippen molar-refractivity contribution in [3.8, 4) is 0 Å². The molecule has 0 spiro atoms. The second-order valence-corrected chi connectivity index (χ2v) is 17.4. The number of hydrogen-bond donors (Lipinski definition) is 2. The molecule has 5 nitrogen and oxygen atoms in total. The molecule has 2 N–H and O–H groups in total. The monoisotopic (exact) mass is 794 g/mol. The van der Waals surface area contributed by atoms with Crippen molar-refractivity contribution in [3.63, 3.8) is 0 Å². The summed E-state index contributed by atoms with van der Waals surface area (Å²) in [6, 6.07) is 18.8. The van der Waals surface area contributed by atoms with Crippen LogP contribution in [0.2, 0.25) is 0 Å². The molecule has 0 unspecified atom stereocenters. The zero-order valence-corrected chi connectivity index (χ0v) is 36.8. The summed E-state index contributed by atoms with van der Waals surface area (Å²) in [4.78, 5) is 27.0. The quantitative estimate of drug-likeness (QED) is 0.0523. The van der Waals surface area contributed by atoms with Crippen molar-refractivity contribution in [1.29, 1.82) is 0 Å². The largest absolute Gasteiger partial charge is 0.451 e. The van der Waals surface area contributed by atoms with E-state index in [1.54, 1.807) is 0 Å². The second kappa shape index (κ2) is 35.8.